The zero-order valence-corrected chi connectivity index (χ0v) is 17.6. The van der Waals surface area contributed by atoms with Crippen molar-refractivity contribution in [2.24, 2.45) is 0 Å². The Morgan fingerprint density at radius 2 is 1.59 bits per heavy atom. The molecule has 0 saturated carbocycles. The zero-order chi connectivity index (χ0) is 21.4. The van der Waals surface area contributed by atoms with E-state index in [2.05, 4.69) is 10.6 Å². The van der Waals surface area contributed by atoms with Crippen molar-refractivity contribution in [2.75, 3.05) is 31.0 Å². The average molecular weight is 416 g/mol. The van der Waals surface area contributed by atoms with Crippen LogP contribution in [0.15, 0.2) is 36.4 Å². The van der Waals surface area contributed by atoms with Crippen molar-refractivity contribution in [1.29, 1.82) is 0 Å². The van der Waals surface area contributed by atoms with Gasteiger partial charge in [-0.2, -0.15) is 0 Å². The van der Waals surface area contributed by atoms with E-state index >= 15 is 0 Å². The van der Waals surface area contributed by atoms with Gasteiger partial charge >= 0.3 is 11.9 Å². The molecule has 7 nitrogen and oxygen atoms in total. The molecule has 0 spiro atoms. The van der Waals surface area contributed by atoms with Crippen molar-refractivity contribution in [3.63, 3.8) is 0 Å². The summed E-state index contributed by atoms with van der Waals surface area (Å²) < 4.78 is 15.5. The SMILES string of the molecule is CCOC(=O)c1ccc(C(=O)OCC)c(NC(=S)Nc2cc(C)ccc2OC)c1. The van der Waals surface area contributed by atoms with Gasteiger partial charge in [0.1, 0.15) is 5.75 Å². The molecule has 0 saturated heterocycles. The Balaban J connectivity index is 2.31. The fourth-order valence-electron chi connectivity index (χ4n) is 2.57. The van der Waals surface area contributed by atoms with Gasteiger partial charge in [0.2, 0.25) is 0 Å². The second-order valence-corrected chi connectivity index (χ2v) is 6.39. The summed E-state index contributed by atoms with van der Waals surface area (Å²) in [7, 11) is 1.56. The van der Waals surface area contributed by atoms with Gasteiger partial charge in [0.15, 0.2) is 5.11 Å². The van der Waals surface area contributed by atoms with Crippen molar-refractivity contribution in [3.8, 4) is 5.75 Å². The largest absolute Gasteiger partial charge is 0.495 e. The lowest BCUT2D eigenvalue weighted by Crippen LogP contribution is -2.22. The molecule has 0 aliphatic carbocycles. The lowest BCUT2D eigenvalue weighted by molar-refractivity contribution is 0.0512. The molecular weight excluding hydrogens is 392 g/mol. The Labute approximate surface area is 175 Å². The Bertz CT molecular complexity index is 914. The molecular formula is C21H24N2O5S. The maximum absolute atomic E-state index is 12.3. The first-order chi connectivity index (χ1) is 13.9. The standard InChI is InChI=1S/C21H24N2O5S/c1-5-27-19(24)14-8-9-15(20(25)28-6-2)16(12-14)22-21(29)23-17-11-13(3)7-10-18(17)26-4/h7-12H,5-6H2,1-4H3,(H2,22,23,29). The van der Waals surface area contributed by atoms with E-state index in [1.807, 2.05) is 25.1 Å². The topological polar surface area (TPSA) is 85.9 Å². The van der Waals surface area contributed by atoms with Gasteiger partial charge in [0.25, 0.3) is 0 Å². The third-order valence-corrected chi connectivity index (χ3v) is 4.08. The molecule has 0 unspecified atom stereocenters. The molecule has 2 aromatic carbocycles. The van der Waals surface area contributed by atoms with Crippen LogP contribution in [-0.4, -0.2) is 37.4 Å². The van der Waals surface area contributed by atoms with Gasteiger partial charge in [-0.15, -0.1) is 0 Å². The summed E-state index contributed by atoms with van der Waals surface area (Å²) >= 11 is 5.39. The molecule has 0 aromatic heterocycles. The fraction of sp³-hybridized carbons (Fsp3) is 0.286. The zero-order valence-electron chi connectivity index (χ0n) is 16.8. The van der Waals surface area contributed by atoms with Gasteiger partial charge in [-0.3, -0.25) is 0 Å². The van der Waals surface area contributed by atoms with Crippen LogP contribution in [0.25, 0.3) is 0 Å². The molecule has 8 heteroatoms. The van der Waals surface area contributed by atoms with Crippen molar-refractivity contribution in [2.45, 2.75) is 20.8 Å². The summed E-state index contributed by atoms with van der Waals surface area (Å²) in [4.78, 5) is 24.4. The van der Waals surface area contributed by atoms with E-state index in [0.29, 0.717) is 22.7 Å². The van der Waals surface area contributed by atoms with E-state index in [0.717, 1.165) is 5.56 Å². The minimum atomic E-state index is -0.527. The molecule has 2 N–H and O–H groups in total. The first-order valence-corrected chi connectivity index (χ1v) is 9.51. The lowest BCUT2D eigenvalue weighted by Gasteiger charge is -2.16. The fourth-order valence-corrected chi connectivity index (χ4v) is 2.79. The predicted molar refractivity (Wildman–Crippen MR) is 116 cm³/mol. The van der Waals surface area contributed by atoms with Crippen LogP contribution >= 0.6 is 12.2 Å². The van der Waals surface area contributed by atoms with Gasteiger partial charge in [0, 0.05) is 0 Å². The summed E-state index contributed by atoms with van der Waals surface area (Å²) in [5.74, 6) is -0.405. The smallest absolute Gasteiger partial charge is 0.340 e. The number of rotatable bonds is 7. The van der Waals surface area contributed by atoms with Crippen LogP contribution in [0.2, 0.25) is 0 Å². The van der Waals surface area contributed by atoms with E-state index < -0.39 is 11.9 Å². The molecule has 0 heterocycles. The first kappa shape index (κ1) is 22.2. The number of nitrogens with one attached hydrogen (secondary N) is 2. The normalized spacial score (nSPS) is 10.1. The minimum absolute atomic E-state index is 0.223. The minimum Gasteiger partial charge on any atom is -0.495 e. The van der Waals surface area contributed by atoms with Crippen LogP contribution in [0.4, 0.5) is 11.4 Å². The van der Waals surface area contributed by atoms with Crippen molar-refractivity contribution >= 4 is 40.6 Å². The Hall–Kier alpha value is -3.13. The monoisotopic (exact) mass is 416 g/mol. The molecule has 2 rings (SSSR count). The highest BCUT2D eigenvalue weighted by Crippen LogP contribution is 2.26. The molecule has 2 aromatic rings. The second kappa shape index (κ2) is 10.4. The number of hydrogen-bond donors (Lipinski definition) is 2. The average Bonchev–Trinajstić information content (AvgIpc) is 2.68. The predicted octanol–water partition coefficient (Wildman–Crippen LogP) is 4.17. The number of methoxy groups -OCH3 is 1. The van der Waals surface area contributed by atoms with Crippen molar-refractivity contribution in [3.05, 3.63) is 53.1 Å². The van der Waals surface area contributed by atoms with Gasteiger partial charge in [-0.1, -0.05) is 6.07 Å². The molecule has 29 heavy (non-hydrogen) atoms. The summed E-state index contributed by atoms with van der Waals surface area (Å²) in [5, 5.41) is 6.24. The molecule has 0 atom stereocenters. The number of hydrogen-bond acceptors (Lipinski definition) is 6. The number of ether oxygens (including phenoxy) is 3. The Kier molecular flexibility index (Phi) is 7.97. The quantitative estimate of drug-likeness (QED) is 0.514. The Morgan fingerprint density at radius 1 is 0.931 bits per heavy atom. The third-order valence-electron chi connectivity index (χ3n) is 3.88. The maximum Gasteiger partial charge on any atom is 0.340 e. The van der Waals surface area contributed by atoms with Gasteiger partial charge in [0.05, 0.1) is 42.8 Å². The van der Waals surface area contributed by atoms with Crippen LogP contribution in [-0.2, 0) is 9.47 Å². The van der Waals surface area contributed by atoms with E-state index in [-0.39, 0.29) is 23.9 Å². The second-order valence-electron chi connectivity index (χ2n) is 5.98. The number of thiocarbonyl (C=S) groups is 1. The number of benzene rings is 2. The summed E-state index contributed by atoms with van der Waals surface area (Å²) in [6.45, 7) is 5.85. The molecule has 154 valence electrons. The van der Waals surface area contributed by atoms with Crippen molar-refractivity contribution in [1.82, 2.24) is 0 Å². The summed E-state index contributed by atoms with van der Waals surface area (Å²) in [6.07, 6.45) is 0. The number of aryl methyl sites for hydroxylation is 1. The van der Waals surface area contributed by atoms with E-state index in [1.165, 1.54) is 18.2 Å². The molecule has 0 amide bonds. The highest BCUT2D eigenvalue weighted by molar-refractivity contribution is 7.80. The van der Waals surface area contributed by atoms with Gasteiger partial charge in [-0.05, 0) is 68.9 Å². The number of esters is 2. The first-order valence-electron chi connectivity index (χ1n) is 9.10. The maximum atomic E-state index is 12.3. The summed E-state index contributed by atoms with van der Waals surface area (Å²) in [6, 6.07) is 10.1. The molecule has 0 bridgehead atoms. The van der Waals surface area contributed by atoms with Crippen LogP contribution in [0, 0.1) is 6.92 Å². The van der Waals surface area contributed by atoms with E-state index in [1.54, 1.807) is 21.0 Å². The van der Waals surface area contributed by atoms with Crippen molar-refractivity contribution < 1.29 is 23.8 Å². The van der Waals surface area contributed by atoms with Gasteiger partial charge < -0.3 is 24.8 Å². The number of carbonyl (C=O) groups is 2. The molecule has 0 aliphatic rings. The van der Waals surface area contributed by atoms with E-state index in [9.17, 15) is 9.59 Å². The van der Waals surface area contributed by atoms with E-state index in [4.69, 9.17) is 26.4 Å². The molecule has 0 fully saturated rings. The number of carbonyl (C=O) groups excluding carboxylic acids is 2. The number of anilines is 2. The molecule has 0 radical (unpaired) electrons. The van der Waals surface area contributed by atoms with Crippen LogP contribution < -0.4 is 15.4 Å². The Morgan fingerprint density at radius 3 is 2.24 bits per heavy atom. The highest BCUT2D eigenvalue weighted by Gasteiger charge is 2.17. The van der Waals surface area contributed by atoms with Gasteiger partial charge in [-0.25, -0.2) is 9.59 Å². The van der Waals surface area contributed by atoms with Crippen LogP contribution in [0.5, 0.6) is 5.75 Å². The lowest BCUT2D eigenvalue weighted by atomic mass is 10.1. The summed E-state index contributed by atoms with van der Waals surface area (Å²) in [5.41, 5.74) is 2.56. The van der Waals surface area contributed by atoms with Crippen LogP contribution in [0.3, 0.4) is 0 Å². The van der Waals surface area contributed by atoms with Crippen LogP contribution in [0.1, 0.15) is 40.1 Å². The molecule has 0 aliphatic heterocycles. The third kappa shape index (κ3) is 5.92. The highest BCUT2D eigenvalue weighted by atomic mass is 32.1.